The van der Waals surface area contributed by atoms with E-state index in [4.69, 9.17) is 0 Å². The summed E-state index contributed by atoms with van der Waals surface area (Å²) in [7, 11) is 1.89. The van der Waals surface area contributed by atoms with E-state index in [0.717, 1.165) is 24.3 Å². The van der Waals surface area contributed by atoms with Gasteiger partial charge in [0.25, 0.3) is 5.56 Å². The number of nitrogens with one attached hydrogen (secondary N) is 1. The monoisotopic (exact) mass is 181 g/mol. The minimum Gasteiger partial charge on any atom is -0.291 e. The van der Waals surface area contributed by atoms with Crippen LogP contribution in [0.1, 0.15) is 25.1 Å². The molecular formula is C9H15N3O. The van der Waals surface area contributed by atoms with Gasteiger partial charge in [0.05, 0.1) is 11.3 Å². The number of aromatic nitrogens is 2. The van der Waals surface area contributed by atoms with Crippen molar-refractivity contribution in [1.29, 1.82) is 0 Å². The van der Waals surface area contributed by atoms with Crippen molar-refractivity contribution in [2.45, 2.75) is 33.0 Å². The Morgan fingerprint density at radius 1 is 1.38 bits per heavy atom. The van der Waals surface area contributed by atoms with Gasteiger partial charge in [0.2, 0.25) is 0 Å². The first-order valence-electron chi connectivity index (χ1n) is 4.60. The lowest BCUT2D eigenvalue weighted by atomic mass is 10.3. The number of aromatic amines is 1. The second kappa shape index (κ2) is 2.73. The van der Waals surface area contributed by atoms with E-state index in [9.17, 15) is 4.79 Å². The Morgan fingerprint density at radius 3 is 2.62 bits per heavy atom. The molecule has 0 spiro atoms. The summed E-state index contributed by atoms with van der Waals surface area (Å²) in [6, 6.07) is 0.506. The summed E-state index contributed by atoms with van der Waals surface area (Å²) in [5, 5.41) is 2.77. The fraction of sp³-hybridized carbons (Fsp3) is 0.667. The minimum atomic E-state index is 0.0700. The van der Waals surface area contributed by atoms with Gasteiger partial charge < -0.3 is 0 Å². The number of nitrogens with zero attached hydrogens (tertiary/aromatic N) is 2. The molecule has 1 aromatic heterocycles. The highest BCUT2D eigenvalue weighted by Gasteiger charge is 2.26. The molecule has 1 aliphatic heterocycles. The van der Waals surface area contributed by atoms with Gasteiger partial charge in [-0.2, -0.15) is 0 Å². The van der Waals surface area contributed by atoms with E-state index in [2.05, 4.69) is 23.8 Å². The van der Waals surface area contributed by atoms with E-state index in [-0.39, 0.29) is 5.56 Å². The van der Waals surface area contributed by atoms with E-state index >= 15 is 0 Å². The molecule has 72 valence electrons. The maximum Gasteiger partial charge on any atom is 0.268 e. The molecule has 1 aliphatic rings. The summed E-state index contributed by atoms with van der Waals surface area (Å²) in [6.07, 6.45) is 0. The van der Waals surface area contributed by atoms with Crippen LogP contribution in [0.5, 0.6) is 0 Å². The number of aryl methyl sites for hydroxylation is 1. The molecule has 0 saturated heterocycles. The summed E-state index contributed by atoms with van der Waals surface area (Å²) in [4.78, 5) is 13.7. The highest BCUT2D eigenvalue weighted by molar-refractivity contribution is 5.22. The van der Waals surface area contributed by atoms with E-state index in [1.165, 1.54) is 0 Å². The van der Waals surface area contributed by atoms with Crippen molar-refractivity contribution in [3.8, 4) is 0 Å². The summed E-state index contributed by atoms with van der Waals surface area (Å²) in [5.41, 5.74) is 2.15. The van der Waals surface area contributed by atoms with Gasteiger partial charge in [-0.1, -0.05) is 0 Å². The van der Waals surface area contributed by atoms with Gasteiger partial charge >= 0.3 is 0 Å². The lowest BCUT2D eigenvalue weighted by Gasteiger charge is -2.19. The van der Waals surface area contributed by atoms with Gasteiger partial charge in [-0.05, 0) is 13.8 Å². The Balaban J connectivity index is 2.36. The maximum atomic E-state index is 11.4. The molecule has 0 aliphatic carbocycles. The number of hydrogen-bond acceptors (Lipinski definition) is 2. The van der Waals surface area contributed by atoms with Gasteiger partial charge in [-0.25, -0.2) is 0 Å². The van der Waals surface area contributed by atoms with E-state index < -0.39 is 0 Å². The molecule has 0 aromatic carbocycles. The molecule has 0 unspecified atom stereocenters. The van der Waals surface area contributed by atoms with Crippen molar-refractivity contribution in [3.05, 3.63) is 21.6 Å². The predicted octanol–water partition coefficient (Wildman–Crippen LogP) is 0.437. The zero-order chi connectivity index (χ0) is 9.59. The Hall–Kier alpha value is -1.03. The first-order valence-corrected chi connectivity index (χ1v) is 4.60. The van der Waals surface area contributed by atoms with Crippen LogP contribution >= 0.6 is 0 Å². The maximum absolute atomic E-state index is 11.4. The largest absolute Gasteiger partial charge is 0.291 e. The molecule has 1 N–H and O–H groups in total. The normalized spacial score (nSPS) is 16.9. The molecule has 1 aromatic rings. The topological polar surface area (TPSA) is 41.0 Å². The van der Waals surface area contributed by atoms with Gasteiger partial charge in [0, 0.05) is 26.2 Å². The van der Waals surface area contributed by atoms with Gasteiger partial charge in [-0.15, -0.1) is 0 Å². The molecule has 2 rings (SSSR count). The fourth-order valence-electron chi connectivity index (χ4n) is 1.80. The molecule has 0 fully saturated rings. The average molecular weight is 181 g/mol. The average Bonchev–Trinajstić information content (AvgIpc) is 2.55. The molecule has 0 atom stereocenters. The first kappa shape index (κ1) is 8.56. The van der Waals surface area contributed by atoms with Crippen LogP contribution in [0.3, 0.4) is 0 Å². The molecule has 0 bridgehead atoms. The molecule has 0 amide bonds. The highest BCUT2D eigenvalue weighted by atomic mass is 16.1. The molecule has 4 heteroatoms. The van der Waals surface area contributed by atoms with E-state index in [1.54, 1.807) is 0 Å². The van der Waals surface area contributed by atoms with Gasteiger partial charge in [0.1, 0.15) is 0 Å². The van der Waals surface area contributed by atoms with Crippen LogP contribution in [-0.4, -0.2) is 20.7 Å². The summed E-state index contributed by atoms with van der Waals surface area (Å²) in [6.45, 7) is 5.99. The number of hydrogen-bond donors (Lipinski definition) is 1. The molecule has 0 saturated carbocycles. The minimum absolute atomic E-state index is 0.0700. The predicted molar refractivity (Wildman–Crippen MR) is 50.4 cm³/mol. The zero-order valence-electron chi connectivity index (χ0n) is 8.29. The van der Waals surface area contributed by atoms with Crippen molar-refractivity contribution in [2.75, 3.05) is 0 Å². The number of H-pyrrole nitrogens is 1. The molecular weight excluding hydrogens is 166 g/mol. The van der Waals surface area contributed by atoms with E-state index in [0.29, 0.717) is 6.04 Å². The van der Waals surface area contributed by atoms with Gasteiger partial charge in [-0.3, -0.25) is 19.5 Å². The van der Waals surface area contributed by atoms with Crippen molar-refractivity contribution < 1.29 is 0 Å². The third-order valence-electron chi connectivity index (χ3n) is 2.74. The Morgan fingerprint density at radius 2 is 2.08 bits per heavy atom. The number of fused-ring (bicyclic) bond motifs is 1. The molecule has 13 heavy (non-hydrogen) atoms. The smallest absolute Gasteiger partial charge is 0.268 e. The second-order valence-corrected chi connectivity index (χ2v) is 3.92. The fourth-order valence-corrected chi connectivity index (χ4v) is 1.80. The number of rotatable bonds is 1. The standard InChI is InChI=1S/C9H15N3O/c1-6(2)12-4-7-8(5-12)11(3)10-9(7)13/h6H,4-5H2,1-3H3,(H,10,13). The van der Waals surface area contributed by atoms with Crippen LogP contribution in [0.15, 0.2) is 4.79 Å². The summed E-state index contributed by atoms with van der Waals surface area (Å²) < 4.78 is 1.83. The van der Waals surface area contributed by atoms with Crippen LogP contribution in [0.4, 0.5) is 0 Å². The third kappa shape index (κ3) is 1.21. The van der Waals surface area contributed by atoms with Crippen molar-refractivity contribution in [2.24, 2.45) is 7.05 Å². The van der Waals surface area contributed by atoms with Crippen LogP contribution in [0.25, 0.3) is 0 Å². The molecule has 4 nitrogen and oxygen atoms in total. The second-order valence-electron chi connectivity index (χ2n) is 3.92. The van der Waals surface area contributed by atoms with Crippen LogP contribution in [0.2, 0.25) is 0 Å². The summed E-state index contributed by atoms with van der Waals surface area (Å²) >= 11 is 0. The van der Waals surface area contributed by atoms with Crippen LogP contribution in [0, 0.1) is 0 Å². The Kier molecular flexibility index (Phi) is 1.80. The third-order valence-corrected chi connectivity index (χ3v) is 2.74. The van der Waals surface area contributed by atoms with E-state index in [1.807, 2.05) is 11.7 Å². The van der Waals surface area contributed by atoms with Crippen molar-refractivity contribution >= 4 is 0 Å². The first-order chi connectivity index (χ1) is 6.09. The highest BCUT2D eigenvalue weighted by Crippen LogP contribution is 2.20. The van der Waals surface area contributed by atoms with Crippen LogP contribution in [-0.2, 0) is 20.1 Å². The lowest BCUT2D eigenvalue weighted by molar-refractivity contribution is 0.222. The Bertz CT molecular complexity index is 375. The van der Waals surface area contributed by atoms with Crippen molar-refractivity contribution in [1.82, 2.24) is 14.7 Å². The quantitative estimate of drug-likeness (QED) is 0.683. The SMILES string of the molecule is CC(C)N1Cc2c(n(C)[nH]c2=O)C1. The zero-order valence-corrected chi connectivity index (χ0v) is 8.29. The Labute approximate surface area is 77.1 Å². The molecule has 0 radical (unpaired) electrons. The lowest BCUT2D eigenvalue weighted by Crippen LogP contribution is -2.27. The van der Waals surface area contributed by atoms with Crippen molar-refractivity contribution in [3.63, 3.8) is 0 Å². The van der Waals surface area contributed by atoms with Crippen LogP contribution < -0.4 is 5.56 Å². The summed E-state index contributed by atoms with van der Waals surface area (Å²) in [5.74, 6) is 0. The molecule has 2 heterocycles. The van der Waals surface area contributed by atoms with Gasteiger partial charge in [0.15, 0.2) is 0 Å².